The van der Waals surface area contributed by atoms with Crippen molar-refractivity contribution in [3.63, 3.8) is 0 Å². The molecule has 0 fully saturated rings. The van der Waals surface area contributed by atoms with E-state index in [1.54, 1.807) is 61.7 Å². The van der Waals surface area contributed by atoms with E-state index in [0.29, 0.717) is 50.5 Å². The molecule has 35 heavy (non-hydrogen) atoms. The summed E-state index contributed by atoms with van der Waals surface area (Å²) in [5.41, 5.74) is 3.23. The highest BCUT2D eigenvalue weighted by atomic mass is 16.5. The lowest BCUT2D eigenvalue weighted by molar-refractivity contribution is 0.0600. The first-order chi connectivity index (χ1) is 17.1. The second-order valence-corrected chi connectivity index (χ2v) is 7.60. The summed E-state index contributed by atoms with van der Waals surface area (Å²) in [6.07, 6.45) is 1.40. The highest BCUT2D eigenvalue weighted by Gasteiger charge is 2.16. The number of carbonyl (C=O) groups is 2. The van der Waals surface area contributed by atoms with Gasteiger partial charge in [-0.1, -0.05) is 6.07 Å². The van der Waals surface area contributed by atoms with Crippen LogP contribution < -0.4 is 15.4 Å². The molecule has 0 saturated carbocycles. The van der Waals surface area contributed by atoms with Gasteiger partial charge < -0.3 is 24.5 Å². The van der Waals surface area contributed by atoms with Crippen molar-refractivity contribution >= 4 is 51.1 Å². The maximum absolute atomic E-state index is 12.6. The van der Waals surface area contributed by atoms with Crippen LogP contribution in [-0.4, -0.2) is 36.1 Å². The zero-order valence-corrected chi connectivity index (χ0v) is 18.9. The molecule has 0 spiro atoms. The van der Waals surface area contributed by atoms with Crippen molar-refractivity contribution in [2.45, 2.75) is 0 Å². The summed E-state index contributed by atoms with van der Waals surface area (Å²) in [4.78, 5) is 33.1. The number of ether oxygens (including phenoxy) is 2. The topological polar surface area (TPSA) is 116 Å². The van der Waals surface area contributed by atoms with Crippen LogP contribution in [0.15, 0.2) is 77.5 Å². The largest absolute Gasteiger partial charge is 0.497 e. The van der Waals surface area contributed by atoms with E-state index in [9.17, 15) is 9.59 Å². The lowest BCUT2D eigenvalue weighted by Gasteiger charge is -2.09. The lowest BCUT2D eigenvalue weighted by atomic mass is 10.1. The van der Waals surface area contributed by atoms with E-state index in [4.69, 9.17) is 13.9 Å². The highest BCUT2D eigenvalue weighted by molar-refractivity contribution is 6.11. The molecule has 1 amide bonds. The molecule has 3 aromatic carbocycles. The van der Waals surface area contributed by atoms with Crippen LogP contribution in [0.4, 0.5) is 17.2 Å². The fourth-order valence-corrected chi connectivity index (χ4v) is 3.69. The van der Waals surface area contributed by atoms with Crippen molar-refractivity contribution in [2.75, 3.05) is 24.9 Å². The van der Waals surface area contributed by atoms with E-state index in [2.05, 4.69) is 20.6 Å². The monoisotopic (exact) mass is 468 g/mol. The molecule has 0 unspecified atom stereocenters. The second kappa shape index (κ2) is 9.14. The maximum atomic E-state index is 12.6. The first-order valence-electron chi connectivity index (χ1n) is 10.6. The Hall–Kier alpha value is -4.92. The van der Waals surface area contributed by atoms with Crippen molar-refractivity contribution in [2.24, 2.45) is 0 Å². The smallest absolute Gasteiger partial charge is 0.337 e. The zero-order valence-electron chi connectivity index (χ0n) is 18.9. The highest BCUT2D eigenvalue weighted by Crippen LogP contribution is 2.34. The first kappa shape index (κ1) is 21.9. The van der Waals surface area contributed by atoms with E-state index in [-0.39, 0.29) is 5.91 Å². The molecule has 9 heteroatoms. The number of nitrogens with zero attached hydrogens (tertiary/aromatic N) is 2. The number of aromatic nitrogens is 2. The van der Waals surface area contributed by atoms with E-state index >= 15 is 0 Å². The molecule has 0 aliphatic rings. The molecular formula is C26H20N4O5. The summed E-state index contributed by atoms with van der Waals surface area (Å²) >= 11 is 0. The predicted octanol–water partition coefficient (Wildman–Crippen LogP) is 5.17. The predicted molar refractivity (Wildman–Crippen MR) is 131 cm³/mol. The van der Waals surface area contributed by atoms with Gasteiger partial charge in [-0.3, -0.25) is 4.79 Å². The Morgan fingerprint density at radius 2 is 1.69 bits per heavy atom. The number of methoxy groups -OCH3 is 2. The van der Waals surface area contributed by atoms with Crippen LogP contribution in [0.1, 0.15) is 20.7 Å². The number of anilines is 3. The molecule has 0 atom stereocenters. The van der Waals surface area contributed by atoms with Crippen LogP contribution in [0.3, 0.4) is 0 Å². The second-order valence-electron chi connectivity index (χ2n) is 7.60. The Morgan fingerprint density at radius 3 is 2.46 bits per heavy atom. The Balaban J connectivity index is 1.40. The Labute approximate surface area is 199 Å². The summed E-state index contributed by atoms with van der Waals surface area (Å²) in [6, 6.07) is 19.2. The summed E-state index contributed by atoms with van der Waals surface area (Å²) < 4.78 is 15.8. The molecule has 174 valence electrons. The van der Waals surface area contributed by atoms with Gasteiger partial charge in [-0.15, -0.1) is 0 Å². The number of amides is 1. The van der Waals surface area contributed by atoms with Crippen molar-refractivity contribution in [1.82, 2.24) is 9.97 Å². The van der Waals surface area contributed by atoms with Gasteiger partial charge in [0.05, 0.1) is 25.2 Å². The molecule has 0 aliphatic carbocycles. The third-order valence-electron chi connectivity index (χ3n) is 5.43. The molecule has 2 heterocycles. The van der Waals surface area contributed by atoms with Crippen LogP contribution in [0.5, 0.6) is 5.75 Å². The van der Waals surface area contributed by atoms with Gasteiger partial charge in [-0.2, -0.15) is 0 Å². The molecule has 0 saturated heterocycles. The van der Waals surface area contributed by atoms with Gasteiger partial charge >= 0.3 is 5.97 Å². The van der Waals surface area contributed by atoms with E-state index in [1.165, 1.54) is 13.4 Å². The zero-order chi connectivity index (χ0) is 24.4. The number of hydrogen-bond donors (Lipinski definition) is 2. The number of furan rings is 1. The Kier molecular flexibility index (Phi) is 5.72. The minimum Gasteiger partial charge on any atom is -0.497 e. The number of carbonyl (C=O) groups excluding carboxylic acids is 2. The van der Waals surface area contributed by atoms with E-state index in [0.717, 1.165) is 5.69 Å². The van der Waals surface area contributed by atoms with Gasteiger partial charge in [0.25, 0.3) is 5.91 Å². The fraction of sp³-hybridized carbons (Fsp3) is 0.0769. The fourth-order valence-electron chi connectivity index (χ4n) is 3.69. The van der Waals surface area contributed by atoms with E-state index < -0.39 is 5.97 Å². The minimum atomic E-state index is -0.445. The third kappa shape index (κ3) is 4.34. The summed E-state index contributed by atoms with van der Waals surface area (Å²) in [5.74, 6) is 0.440. The van der Waals surface area contributed by atoms with Gasteiger partial charge in [0.1, 0.15) is 23.5 Å². The Bertz CT molecular complexity index is 1560. The van der Waals surface area contributed by atoms with Crippen molar-refractivity contribution < 1.29 is 23.5 Å². The number of rotatable bonds is 6. The maximum Gasteiger partial charge on any atom is 0.337 e. The molecule has 2 N–H and O–H groups in total. The van der Waals surface area contributed by atoms with Gasteiger partial charge in [-0.25, -0.2) is 14.8 Å². The van der Waals surface area contributed by atoms with Crippen LogP contribution in [0, 0.1) is 0 Å². The molecule has 9 nitrogen and oxygen atoms in total. The van der Waals surface area contributed by atoms with Crippen LogP contribution in [-0.2, 0) is 4.74 Å². The van der Waals surface area contributed by atoms with Gasteiger partial charge in [0.15, 0.2) is 0 Å². The average Bonchev–Trinajstić information content (AvgIpc) is 3.28. The van der Waals surface area contributed by atoms with Crippen molar-refractivity contribution in [3.8, 4) is 5.75 Å². The number of hydrogen-bond acceptors (Lipinski definition) is 8. The van der Waals surface area contributed by atoms with Crippen LogP contribution >= 0.6 is 0 Å². The third-order valence-corrected chi connectivity index (χ3v) is 5.43. The number of fused-ring (bicyclic) bond motifs is 3. The van der Waals surface area contributed by atoms with Crippen molar-refractivity contribution in [1.29, 1.82) is 0 Å². The molecule has 5 aromatic rings. The first-order valence-corrected chi connectivity index (χ1v) is 10.6. The standard InChI is InChI=1S/C26H20N4O5/c1-33-19-5-3-4-15(12-19)24(31)30-18-9-7-17(8-10-18)29-23-22-20-13-16(26(32)34-2)6-11-21(20)35-25(22)28-14-27-23/h3-14H,1-2H3,(H,30,31)(H,27,28,29). The molecule has 0 aliphatic heterocycles. The lowest BCUT2D eigenvalue weighted by Crippen LogP contribution is -2.11. The van der Waals surface area contributed by atoms with Crippen LogP contribution in [0.2, 0.25) is 0 Å². The molecule has 2 aromatic heterocycles. The average molecular weight is 468 g/mol. The van der Waals surface area contributed by atoms with Gasteiger partial charge in [0, 0.05) is 22.3 Å². The normalized spacial score (nSPS) is 10.8. The number of esters is 1. The Morgan fingerprint density at radius 1 is 0.886 bits per heavy atom. The molecule has 5 rings (SSSR count). The number of nitrogens with one attached hydrogen (secondary N) is 2. The summed E-state index contributed by atoms with van der Waals surface area (Å²) in [5, 5.41) is 7.45. The molecular weight excluding hydrogens is 448 g/mol. The van der Waals surface area contributed by atoms with Crippen LogP contribution in [0.25, 0.3) is 22.1 Å². The van der Waals surface area contributed by atoms with Crippen molar-refractivity contribution in [3.05, 3.63) is 84.2 Å². The quantitative estimate of drug-likeness (QED) is 0.328. The summed E-state index contributed by atoms with van der Waals surface area (Å²) in [7, 11) is 2.89. The van der Waals surface area contributed by atoms with E-state index in [1.807, 2.05) is 12.1 Å². The number of benzene rings is 3. The molecule has 0 bridgehead atoms. The minimum absolute atomic E-state index is 0.242. The summed E-state index contributed by atoms with van der Waals surface area (Å²) in [6.45, 7) is 0. The van der Waals surface area contributed by atoms with Gasteiger partial charge in [0.2, 0.25) is 5.71 Å². The SMILES string of the molecule is COC(=O)c1ccc2oc3ncnc(Nc4ccc(NC(=O)c5cccc(OC)c5)cc4)c3c2c1. The molecule has 0 radical (unpaired) electrons. The van der Waals surface area contributed by atoms with Gasteiger partial charge in [-0.05, 0) is 60.7 Å².